The summed E-state index contributed by atoms with van der Waals surface area (Å²) in [7, 11) is 3.44. The summed E-state index contributed by atoms with van der Waals surface area (Å²) in [6.45, 7) is 9.51. The minimum absolute atomic E-state index is 0.252. The Morgan fingerprint density at radius 3 is 2.67 bits per heavy atom. The van der Waals surface area contributed by atoms with E-state index in [4.69, 9.17) is 9.47 Å². The molecule has 0 saturated heterocycles. The number of hydrogen-bond acceptors (Lipinski definition) is 5. The van der Waals surface area contributed by atoms with E-state index in [1.165, 1.54) is 5.56 Å². The fourth-order valence-electron chi connectivity index (χ4n) is 2.37. The lowest BCUT2D eigenvalue weighted by atomic mass is 10.1. The number of nitrogens with zero attached hydrogens (tertiary/aromatic N) is 2. The van der Waals surface area contributed by atoms with Crippen LogP contribution in [0.2, 0.25) is 0 Å². The minimum atomic E-state index is 0.252. The molecule has 1 heterocycles. The maximum atomic E-state index is 5.28. The highest BCUT2D eigenvalue weighted by molar-refractivity contribution is 5.43. The van der Waals surface area contributed by atoms with Crippen LogP contribution in [0.25, 0.3) is 0 Å². The van der Waals surface area contributed by atoms with Gasteiger partial charge in [-0.2, -0.15) is 0 Å². The molecule has 5 heteroatoms. The monoisotopic (exact) mass is 295 g/mol. The molecule has 1 rings (SSSR count). The second kappa shape index (κ2) is 9.71. The maximum absolute atomic E-state index is 5.28. The van der Waals surface area contributed by atoms with Crippen LogP contribution < -0.4 is 10.2 Å². The summed E-state index contributed by atoms with van der Waals surface area (Å²) in [4.78, 5) is 6.76. The van der Waals surface area contributed by atoms with Crippen LogP contribution in [-0.2, 0) is 9.47 Å². The molecule has 5 nitrogen and oxygen atoms in total. The van der Waals surface area contributed by atoms with Gasteiger partial charge in [-0.25, -0.2) is 4.98 Å². The van der Waals surface area contributed by atoms with Crippen molar-refractivity contribution < 1.29 is 9.47 Å². The molecular weight excluding hydrogens is 266 g/mol. The van der Waals surface area contributed by atoms with Crippen molar-refractivity contribution in [1.29, 1.82) is 0 Å². The molecule has 0 fully saturated rings. The van der Waals surface area contributed by atoms with Crippen molar-refractivity contribution >= 4 is 5.82 Å². The van der Waals surface area contributed by atoms with E-state index in [-0.39, 0.29) is 6.04 Å². The molecule has 2 atom stereocenters. The molecule has 0 saturated carbocycles. The Balaban J connectivity index is 2.92. The molecule has 0 aliphatic rings. The first-order chi connectivity index (χ1) is 10.1. The third kappa shape index (κ3) is 5.61. The van der Waals surface area contributed by atoms with Crippen LogP contribution in [0.1, 0.15) is 32.4 Å². The molecule has 0 aromatic carbocycles. The molecule has 21 heavy (non-hydrogen) atoms. The van der Waals surface area contributed by atoms with Crippen molar-refractivity contribution in [3.05, 3.63) is 23.9 Å². The Morgan fingerprint density at radius 1 is 1.29 bits per heavy atom. The molecule has 1 aromatic heterocycles. The molecule has 0 amide bonds. The van der Waals surface area contributed by atoms with Crippen LogP contribution in [0.3, 0.4) is 0 Å². The van der Waals surface area contributed by atoms with Gasteiger partial charge in [-0.15, -0.1) is 0 Å². The third-order valence-electron chi connectivity index (χ3n) is 3.55. The molecule has 1 N–H and O–H groups in total. The average Bonchev–Trinajstić information content (AvgIpc) is 2.48. The van der Waals surface area contributed by atoms with E-state index in [9.17, 15) is 0 Å². The first kappa shape index (κ1) is 17.9. The zero-order valence-corrected chi connectivity index (χ0v) is 13.9. The zero-order chi connectivity index (χ0) is 15.7. The number of rotatable bonds is 10. The highest BCUT2D eigenvalue weighted by Gasteiger charge is 2.16. The van der Waals surface area contributed by atoms with Crippen LogP contribution in [0.15, 0.2) is 18.3 Å². The summed E-state index contributed by atoms with van der Waals surface area (Å²) in [6.07, 6.45) is 1.87. The molecular formula is C16H29N3O2. The molecule has 1 aromatic rings. The molecule has 0 aliphatic carbocycles. The summed E-state index contributed by atoms with van der Waals surface area (Å²) in [6, 6.07) is 4.78. The van der Waals surface area contributed by atoms with Crippen molar-refractivity contribution in [1.82, 2.24) is 10.3 Å². The third-order valence-corrected chi connectivity index (χ3v) is 3.55. The molecule has 0 spiro atoms. The van der Waals surface area contributed by atoms with Crippen molar-refractivity contribution in [3.63, 3.8) is 0 Å². The van der Waals surface area contributed by atoms with Gasteiger partial charge in [-0.3, -0.25) is 0 Å². The average molecular weight is 295 g/mol. The van der Waals surface area contributed by atoms with Gasteiger partial charge in [0.15, 0.2) is 0 Å². The lowest BCUT2D eigenvalue weighted by molar-refractivity contribution is 0.170. The number of aromatic nitrogens is 1. The van der Waals surface area contributed by atoms with E-state index in [1.807, 2.05) is 6.20 Å². The van der Waals surface area contributed by atoms with Gasteiger partial charge in [0.1, 0.15) is 5.82 Å². The lowest BCUT2D eigenvalue weighted by Crippen LogP contribution is -2.39. The molecule has 0 radical (unpaired) electrons. The standard InChI is InChI=1S/C16H29N3O2/c1-6-17-14(3)15-7-8-18-16(11-15)19(9-10-20-4)13(2)12-21-5/h7-8,11,13-14,17H,6,9-10,12H2,1-5H3. The van der Waals surface area contributed by atoms with E-state index in [1.54, 1.807) is 14.2 Å². The maximum Gasteiger partial charge on any atom is 0.129 e. The van der Waals surface area contributed by atoms with Gasteiger partial charge in [0.2, 0.25) is 0 Å². The zero-order valence-electron chi connectivity index (χ0n) is 13.9. The van der Waals surface area contributed by atoms with E-state index < -0.39 is 0 Å². The number of methoxy groups -OCH3 is 2. The van der Waals surface area contributed by atoms with Crippen molar-refractivity contribution in [2.45, 2.75) is 32.9 Å². The SMILES string of the molecule is CCNC(C)c1ccnc(N(CCOC)C(C)COC)c1. The normalized spacial score (nSPS) is 14.0. The van der Waals surface area contributed by atoms with E-state index in [0.29, 0.717) is 19.3 Å². The summed E-state index contributed by atoms with van der Waals surface area (Å²) < 4.78 is 10.5. The number of ether oxygens (including phenoxy) is 2. The second-order valence-electron chi connectivity index (χ2n) is 5.22. The summed E-state index contributed by atoms with van der Waals surface area (Å²) in [5.74, 6) is 0.971. The Kier molecular flexibility index (Phi) is 8.27. The highest BCUT2D eigenvalue weighted by Crippen LogP contribution is 2.20. The molecule has 0 bridgehead atoms. The minimum Gasteiger partial charge on any atom is -0.383 e. The van der Waals surface area contributed by atoms with Crippen LogP contribution >= 0.6 is 0 Å². The summed E-state index contributed by atoms with van der Waals surface area (Å²) >= 11 is 0. The Morgan fingerprint density at radius 2 is 2.05 bits per heavy atom. The Hall–Kier alpha value is -1.17. The molecule has 2 unspecified atom stereocenters. The largest absolute Gasteiger partial charge is 0.383 e. The number of nitrogens with one attached hydrogen (secondary N) is 1. The van der Waals surface area contributed by atoms with Gasteiger partial charge in [0, 0.05) is 33.0 Å². The van der Waals surface area contributed by atoms with E-state index in [0.717, 1.165) is 18.9 Å². The van der Waals surface area contributed by atoms with Gasteiger partial charge in [-0.05, 0) is 38.1 Å². The van der Waals surface area contributed by atoms with E-state index >= 15 is 0 Å². The number of hydrogen-bond donors (Lipinski definition) is 1. The Labute approximate surface area is 128 Å². The first-order valence-corrected chi connectivity index (χ1v) is 7.57. The number of anilines is 1. The fraction of sp³-hybridized carbons (Fsp3) is 0.688. The Bertz CT molecular complexity index is 401. The van der Waals surface area contributed by atoms with Gasteiger partial charge in [0.25, 0.3) is 0 Å². The van der Waals surface area contributed by atoms with E-state index in [2.05, 4.69) is 48.1 Å². The fourth-order valence-corrected chi connectivity index (χ4v) is 2.37. The lowest BCUT2D eigenvalue weighted by Gasteiger charge is -2.30. The quantitative estimate of drug-likeness (QED) is 0.717. The molecule has 120 valence electrons. The van der Waals surface area contributed by atoms with Crippen molar-refractivity contribution in [2.75, 3.05) is 45.4 Å². The smallest absolute Gasteiger partial charge is 0.129 e. The summed E-state index contributed by atoms with van der Waals surface area (Å²) in [5.41, 5.74) is 1.24. The van der Waals surface area contributed by atoms with Crippen molar-refractivity contribution in [3.8, 4) is 0 Å². The van der Waals surface area contributed by atoms with Gasteiger partial charge >= 0.3 is 0 Å². The van der Waals surface area contributed by atoms with Gasteiger partial charge in [0.05, 0.1) is 19.3 Å². The van der Waals surface area contributed by atoms with Crippen molar-refractivity contribution in [2.24, 2.45) is 0 Å². The van der Waals surface area contributed by atoms with Crippen LogP contribution in [0.4, 0.5) is 5.82 Å². The predicted molar refractivity (Wildman–Crippen MR) is 86.9 cm³/mol. The predicted octanol–water partition coefficient (Wildman–Crippen LogP) is 2.24. The topological polar surface area (TPSA) is 46.6 Å². The first-order valence-electron chi connectivity index (χ1n) is 7.57. The van der Waals surface area contributed by atoms with Gasteiger partial charge < -0.3 is 19.7 Å². The second-order valence-corrected chi connectivity index (χ2v) is 5.22. The molecule has 0 aliphatic heterocycles. The van der Waals surface area contributed by atoms with Crippen LogP contribution in [0.5, 0.6) is 0 Å². The summed E-state index contributed by atoms with van der Waals surface area (Å²) in [5, 5.41) is 3.43. The number of pyridine rings is 1. The van der Waals surface area contributed by atoms with Gasteiger partial charge in [-0.1, -0.05) is 6.92 Å². The highest BCUT2D eigenvalue weighted by atomic mass is 16.5. The van der Waals surface area contributed by atoms with Crippen LogP contribution in [-0.4, -0.2) is 51.5 Å². The van der Waals surface area contributed by atoms with Crippen LogP contribution in [0, 0.1) is 0 Å².